The van der Waals surface area contributed by atoms with Crippen LogP contribution in [-0.4, -0.2) is 34.0 Å². The maximum absolute atomic E-state index is 13.4. The molecule has 0 saturated heterocycles. The Kier molecular flexibility index (Phi) is 10.9. The molecule has 0 heterocycles. The van der Waals surface area contributed by atoms with Crippen molar-refractivity contribution in [1.29, 1.82) is 0 Å². The van der Waals surface area contributed by atoms with Crippen LogP contribution in [0, 0.1) is 0 Å². The van der Waals surface area contributed by atoms with Gasteiger partial charge in [-0.15, -0.1) is 11.8 Å². The van der Waals surface area contributed by atoms with Crippen LogP contribution in [0.25, 0.3) is 6.08 Å². The van der Waals surface area contributed by atoms with Gasteiger partial charge < -0.3 is 21.1 Å². The molecule has 1 atom stereocenters. The van der Waals surface area contributed by atoms with E-state index in [1.807, 2.05) is 37.3 Å². The van der Waals surface area contributed by atoms with Crippen molar-refractivity contribution in [2.24, 2.45) is 0 Å². The summed E-state index contributed by atoms with van der Waals surface area (Å²) < 4.78 is 0.881. The lowest BCUT2D eigenvalue weighted by Crippen LogP contribution is -2.30. The molecule has 0 spiro atoms. The van der Waals surface area contributed by atoms with E-state index < -0.39 is 23.0 Å². The SMILES string of the molecule is CCC(Sc1cccc(NC(=O)/C(=C/c2ccc(Br)cc2)NC(=O)c2ccccc2)c1)C(=O)Nc1cccc(C(=O)O)c1. The Morgan fingerprint density at radius 3 is 2.14 bits per heavy atom. The summed E-state index contributed by atoms with van der Waals surface area (Å²) in [5.41, 5.74) is 2.15. The molecule has 4 N–H and O–H groups in total. The lowest BCUT2D eigenvalue weighted by Gasteiger charge is -2.16. The molecule has 0 aliphatic heterocycles. The zero-order valence-electron chi connectivity index (χ0n) is 23.0. The number of halogens is 1. The zero-order valence-corrected chi connectivity index (χ0v) is 25.4. The highest BCUT2D eigenvalue weighted by Gasteiger charge is 2.20. The van der Waals surface area contributed by atoms with E-state index >= 15 is 0 Å². The van der Waals surface area contributed by atoms with Crippen LogP contribution in [0.4, 0.5) is 11.4 Å². The summed E-state index contributed by atoms with van der Waals surface area (Å²) in [4.78, 5) is 51.3. The van der Waals surface area contributed by atoms with Gasteiger partial charge >= 0.3 is 5.97 Å². The maximum atomic E-state index is 13.4. The van der Waals surface area contributed by atoms with E-state index in [2.05, 4.69) is 31.9 Å². The molecule has 3 amide bonds. The van der Waals surface area contributed by atoms with Gasteiger partial charge in [-0.3, -0.25) is 14.4 Å². The molecular weight excluding hydrogens is 630 g/mol. The van der Waals surface area contributed by atoms with Crippen LogP contribution in [0.5, 0.6) is 0 Å². The van der Waals surface area contributed by atoms with Crippen LogP contribution >= 0.6 is 27.7 Å². The molecule has 4 aromatic rings. The first-order valence-electron chi connectivity index (χ1n) is 13.3. The first-order chi connectivity index (χ1) is 20.7. The Labute approximate surface area is 261 Å². The fraction of sp³-hybridized carbons (Fsp3) is 0.0909. The molecule has 0 radical (unpaired) electrons. The van der Waals surface area contributed by atoms with E-state index in [-0.39, 0.29) is 17.2 Å². The Bertz CT molecular complexity index is 1660. The largest absolute Gasteiger partial charge is 0.478 e. The van der Waals surface area contributed by atoms with Gasteiger partial charge in [0.1, 0.15) is 5.70 Å². The number of carboxylic acids is 1. The second-order valence-electron chi connectivity index (χ2n) is 9.30. The number of aromatic carboxylic acids is 1. The summed E-state index contributed by atoms with van der Waals surface area (Å²) in [6.45, 7) is 1.88. The van der Waals surface area contributed by atoms with Crippen LogP contribution in [0.2, 0.25) is 0 Å². The third kappa shape index (κ3) is 9.16. The second-order valence-corrected chi connectivity index (χ2v) is 11.5. The van der Waals surface area contributed by atoms with Gasteiger partial charge in [0, 0.05) is 26.3 Å². The number of amides is 3. The quantitative estimate of drug-likeness (QED) is 0.101. The zero-order chi connectivity index (χ0) is 30.8. The van der Waals surface area contributed by atoms with Crippen molar-refractivity contribution in [3.05, 3.63) is 130 Å². The summed E-state index contributed by atoms with van der Waals surface area (Å²) in [5.74, 6) is -2.29. The molecule has 0 bridgehead atoms. The smallest absolute Gasteiger partial charge is 0.335 e. The molecule has 0 aliphatic rings. The average molecular weight is 659 g/mol. The van der Waals surface area contributed by atoms with Crippen molar-refractivity contribution in [3.8, 4) is 0 Å². The molecular formula is C33H28BrN3O5S. The number of nitrogens with one attached hydrogen (secondary N) is 3. The highest BCUT2D eigenvalue weighted by atomic mass is 79.9. The van der Waals surface area contributed by atoms with E-state index in [1.165, 1.54) is 23.9 Å². The predicted molar refractivity (Wildman–Crippen MR) is 173 cm³/mol. The Morgan fingerprint density at radius 1 is 0.814 bits per heavy atom. The summed E-state index contributed by atoms with van der Waals surface area (Å²) in [7, 11) is 0. The van der Waals surface area contributed by atoms with Crippen LogP contribution in [0.3, 0.4) is 0 Å². The van der Waals surface area contributed by atoms with Gasteiger partial charge in [-0.05, 0) is 78.7 Å². The van der Waals surface area contributed by atoms with Gasteiger partial charge in [0.25, 0.3) is 11.8 Å². The minimum Gasteiger partial charge on any atom is -0.478 e. The number of carboxylic acid groups (broad SMARTS) is 1. The van der Waals surface area contributed by atoms with Crippen molar-refractivity contribution < 1.29 is 24.3 Å². The van der Waals surface area contributed by atoms with Gasteiger partial charge in [-0.25, -0.2) is 4.79 Å². The van der Waals surface area contributed by atoms with Crippen molar-refractivity contribution >= 4 is 68.8 Å². The Hall–Kier alpha value is -4.67. The molecule has 10 heteroatoms. The number of benzene rings is 4. The lowest BCUT2D eigenvalue weighted by molar-refractivity contribution is -0.116. The van der Waals surface area contributed by atoms with Crippen LogP contribution in [-0.2, 0) is 9.59 Å². The summed E-state index contributed by atoms with van der Waals surface area (Å²) in [6.07, 6.45) is 2.11. The van der Waals surface area contributed by atoms with Gasteiger partial charge in [0.15, 0.2) is 0 Å². The Balaban J connectivity index is 1.49. The fourth-order valence-electron chi connectivity index (χ4n) is 3.95. The number of anilines is 2. The monoisotopic (exact) mass is 657 g/mol. The molecule has 43 heavy (non-hydrogen) atoms. The standard InChI is InChI=1S/C33H28BrN3O5S/c1-2-29(32(40)36-25-11-6-10-23(19-25)33(41)42)43-27-13-7-12-26(20-27)35-31(39)28(18-21-14-16-24(34)17-15-21)37-30(38)22-8-4-3-5-9-22/h3-20,29H,2H2,1H3,(H,35,39)(H,36,40)(H,37,38)(H,41,42)/b28-18-. The molecule has 218 valence electrons. The first kappa shape index (κ1) is 31.3. The number of carbonyl (C=O) groups excluding carboxylic acids is 3. The second kappa shape index (κ2) is 15.0. The molecule has 1 unspecified atom stereocenters. The van der Waals surface area contributed by atoms with E-state index in [4.69, 9.17) is 0 Å². The molecule has 8 nitrogen and oxygen atoms in total. The number of rotatable bonds is 11. The van der Waals surface area contributed by atoms with Crippen molar-refractivity contribution in [2.45, 2.75) is 23.5 Å². The third-order valence-electron chi connectivity index (χ3n) is 6.12. The van der Waals surface area contributed by atoms with E-state index in [9.17, 15) is 24.3 Å². The summed E-state index contributed by atoms with van der Waals surface area (Å²) in [5, 5.41) is 17.1. The van der Waals surface area contributed by atoms with Crippen LogP contribution in [0.1, 0.15) is 39.6 Å². The Morgan fingerprint density at radius 2 is 1.47 bits per heavy atom. The highest BCUT2D eigenvalue weighted by Crippen LogP contribution is 2.29. The number of thioether (sulfide) groups is 1. The van der Waals surface area contributed by atoms with Crippen LogP contribution < -0.4 is 16.0 Å². The maximum Gasteiger partial charge on any atom is 0.335 e. The van der Waals surface area contributed by atoms with Gasteiger partial charge in [0.05, 0.1) is 10.8 Å². The number of hydrogen-bond donors (Lipinski definition) is 4. The van der Waals surface area contributed by atoms with Gasteiger partial charge in [-0.2, -0.15) is 0 Å². The van der Waals surface area contributed by atoms with Gasteiger partial charge in [-0.1, -0.05) is 65.3 Å². The fourth-order valence-corrected chi connectivity index (χ4v) is 5.23. The lowest BCUT2D eigenvalue weighted by atomic mass is 10.1. The minimum absolute atomic E-state index is 0.0589. The summed E-state index contributed by atoms with van der Waals surface area (Å²) in [6, 6.07) is 29.0. The van der Waals surface area contributed by atoms with Crippen LogP contribution in [0.15, 0.2) is 118 Å². The average Bonchev–Trinajstić information content (AvgIpc) is 3.01. The van der Waals surface area contributed by atoms with Gasteiger partial charge in [0.2, 0.25) is 5.91 Å². The number of hydrogen-bond acceptors (Lipinski definition) is 5. The molecule has 4 rings (SSSR count). The molecule has 0 aliphatic carbocycles. The normalized spacial score (nSPS) is 11.7. The predicted octanol–water partition coefficient (Wildman–Crippen LogP) is 7.07. The van der Waals surface area contributed by atoms with Crippen molar-refractivity contribution in [2.75, 3.05) is 10.6 Å². The van der Waals surface area contributed by atoms with E-state index in [0.29, 0.717) is 23.4 Å². The molecule has 0 fully saturated rings. The highest BCUT2D eigenvalue weighted by molar-refractivity contribution is 9.10. The van der Waals surface area contributed by atoms with Crippen molar-refractivity contribution in [3.63, 3.8) is 0 Å². The molecule has 0 saturated carbocycles. The van der Waals surface area contributed by atoms with E-state index in [1.54, 1.807) is 66.7 Å². The minimum atomic E-state index is -1.08. The summed E-state index contributed by atoms with van der Waals surface area (Å²) >= 11 is 4.72. The van der Waals surface area contributed by atoms with E-state index in [0.717, 1.165) is 14.9 Å². The molecule has 4 aromatic carbocycles. The van der Waals surface area contributed by atoms with Crippen molar-refractivity contribution in [1.82, 2.24) is 5.32 Å². The third-order valence-corrected chi connectivity index (χ3v) is 8.01. The molecule has 0 aromatic heterocycles. The topological polar surface area (TPSA) is 125 Å². The first-order valence-corrected chi connectivity index (χ1v) is 14.9. The number of carbonyl (C=O) groups is 4.